The molecule has 0 aliphatic carbocycles. The van der Waals surface area contributed by atoms with Gasteiger partial charge in [0.25, 0.3) is 11.8 Å². The topological polar surface area (TPSA) is 94.9 Å². The van der Waals surface area contributed by atoms with Gasteiger partial charge in [-0.05, 0) is 37.1 Å². The number of amides is 2. The van der Waals surface area contributed by atoms with Crippen molar-refractivity contribution in [3.8, 4) is 0 Å². The van der Waals surface area contributed by atoms with E-state index in [-0.39, 0.29) is 24.1 Å². The largest absolute Gasteiger partial charge is 0.388 e. The Morgan fingerprint density at radius 2 is 1.53 bits per heavy atom. The number of hydrogen-bond donors (Lipinski definition) is 2. The Labute approximate surface area is 197 Å². The number of β-amino-alcohol motifs (C(OH)–C–C–N with tert-alkyl or cyclic N) is 1. The van der Waals surface area contributed by atoms with Crippen LogP contribution >= 0.6 is 0 Å². The fourth-order valence-electron chi connectivity index (χ4n) is 4.56. The predicted octanol–water partition coefficient (Wildman–Crippen LogP) is 2.34. The zero-order valence-corrected chi connectivity index (χ0v) is 18.7. The molecule has 0 atom stereocenters. The minimum Gasteiger partial charge on any atom is -0.388 e. The number of ketones is 1. The van der Waals surface area contributed by atoms with E-state index in [0.717, 1.165) is 0 Å². The van der Waals surface area contributed by atoms with E-state index in [1.807, 2.05) is 18.2 Å². The van der Waals surface area contributed by atoms with E-state index >= 15 is 0 Å². The van der Waals surface area contributed by atoms with E-state index < -0.39 is 5.60 Å². The lowest BCUT2D eigenvalue weighted by molar-refractivity contribution is -0.0369. The summed E-state index contributed by atoms with van der Waals surface area (Å²) in [5, 5.41) is 11.1. The van der Waals surface area contributed by atoms with Crippen LogP contribution in [0.15, 0.2) is 72.9 Å². The van der Waals surface area contributed by atoms with Crippen molar-refractivity contribution in [2.75, 3.05) is 31.7 Å². The Bertz CT molecular complexity index is 1210. The summed E-state index contributed by atoms with van der Waals surface area (Å²) >= 11 is 0. The first-order valence-electron chi connectivity index (χ1n) is 11.4. The molecule has 3 aromatic rings. The second-order valence-corrected chi connectivity index (χ2v) is 8.87. The summed E-state index contributed by atoms with van der Waals surface area (Å²) < 4.78 is 1.68. The molecular formula is C26H26N4O4. The third-order valence-corrected chi connectivity index (χ3v) is 6.58. The highest BCUT2D eigenvalue weighted by molar-refractivity contribution is 6.09. The average molecular weight is 459 g/mol. The van der Waals surface area contributed by atoms with Gasteiger partial charge in [0.2, 0.25) is 0 Å². The molecule has 0 unspecified atom stereocenters. The zero-order valence-electron chi connectivity index (χ0n) is 18.7. The maximum Gasteiger partial charge on any atom is 0.273 e. The van der Waals surface area contributed by atoms with Gasteiger partial charge in [0.1, 0.15) is 12.4 Å². The van der Waals surface area contributed by atoms with Crippen molar-refractivity contribution in [3.63, 3.8) is 0 Å². The van der Waals surface area contributed by atoms with Crippen LogP contribution in [0.25, 0.3) is 0 Å². The van der Waals surface area contributed by atoms with Gasteiger partial charge in [-0.25, -0.2) is 0 Å². The molecule has 3 heterocycles. The number of hydrogen-bond acceptors (Lipinski definition) is 5. The smallest absolute Gasteiger partial charge is 0.273 e. The molecule has 5 rings (SSSR count). The first kappa shape index (κ1) is 21.9. The summed E-state index contributed by atoms with van der Waals surface area (Å²) in [7, 11) is 0. The van der Waals surface area contributed by atoms with Crippen LogP contribution in [0.5, 0.6) is 0 Å². The predicted molar refractivity (Wildman–Crippen MR) is 126 cm³/mol. The molecule has 2 aromatic carbocycles. The molecule has 0 spiro atoms. The van der Waals surface area contributed by atoms with Crippen LogP contribution in [0.2, 0.25) is 0 Å². The maximum atomic E-state index is 13.0. The Hall–Kier alpha value is -3.91. The SMILES string of the molecule is O=C(c1ccccc1)c1ccc(C(=O)N2CCC(O)(CN3CNn4cccc4C3=O)CC2)cc1. The van der Waals surface area contributed by atoms with Gasteiger partial charge in [-0.2, -0.15) is 0 Å². The van der Waals surface area contributed by atoms with Crippen LogP contribution in [-0.4, -0.2) is 69.1 Å². The lowest BCUT2D eigenvalue weighted by Crippen LogP contribution is -2.56. The lowest BCUT2D eigenvalue weighted by Gasteiger charge is -2.42. The number of nitrogens with one attached hydrogen (secondary N) is 1. The number of nitrogens with zero attached hydrogens (tertiary/aromatic N) is 3. The van der Waals surface area contributed by atoms with Gasteiger partial charge in [-0.1, -0.05) is 42.5 Å². The maximum absolute atomic E-state index is 13.0. The van der Waals surface area contributed by atoms with Crippen molar-refractivity contribution in [1.82, 2.24) is 14.5 Å². The van der Waals surface area contributed by atoms with E-state index in [2.05, 4.69) is 5.43 Å². The van der Waals surface area contributed by atoms with Crippen LogP contribution in [0.3, 0.4) is 0 Å². The number of piperidine rings is 1. The number of carbonyl (C=O) groups excluding carboxylic acids is 3. The third-order valence-electron chi connectivity index (χ3n) is 6.58. The summed E-state index contributed by atoms with van der Waals surface area (Å²) in [6.45, 7) is 1.32. The van der Waals surface area contributed by atoms with Crippen molar-refractivity contribution >= 4 is 17.6 Å². The third kappa shape index (κ3) is 4.20. The van der Waals surface area contributed by atoms with E-state index in [9.17, 15) is 19.5 Å². The Morgan fingerprint density at radius 3 is 2.24 bits per heavy atom. The van der Waals surface area contributed by atoms with Crippen molar-refractivity contribution in [2.45, 2.75) is 18.4 Å². The van der Waals surface area contributed by atoms with E-state index in [1.54, 1.807) is 69.2 Å². The molecule has 2 aliphatic heterocycles. The monoisotopic (exact) mass is 458 g/mol. The summed E-state index contributed by atoms with van der Waals surface area (Å²) in [4.78, 5) is 41.6. The fourth-order valence-corrected chi connectivity index (χ4v) is 4.56. The summed E-state index contributed by atoms with van der Waals surface area (Å²) in [6, 6.07) is 19.3. The molecule has 0 bridgehead atoms. The average Bonchev–Trinajstić information content (AvgIpc) is 3.36. The second-order valence-electron chi connectivity index (χ2n) is 8.87. The molecule has 8 nitrogen and oxygen atoms in total. The molecule has 2 amide bonds. The second kappa shape index (κ2) is 8.79. The number of carbonyl (C=O) groups is 3. The Balaban J connectivity index is 1.19. The summed E-state index contributed by atoms with van der Waals surface area (Å²) in [5.74, 6) is -0.341. The Morgan fingerprint density at radius 1 is 0.882 bits per heavy atom. The van der Waals surface area contributed by atoms with Crippen LogP contribution in [-0.2, 0) is 0 Å². The van der Waals surface area contributed by atoms with Crippen molar-refractivity contribution in [3.05, 3.63) is 95.3 Å². The minimum absolute atomic E-state index is 0.0864. The highest BCUT2D eigenvalue weighted by Gasteiger charge is 2.38. The molecule has 2 aliphatic rings. The Kier molecular flexibility index (Phi) is 5.67. The van der Waals surface area contributed by atoms with E-state index in [4.69, 9.17) is 0 Å². The van der Waals surface area contributed by atoms with Crippen molar-refractivity contribution < 1.29 is 19.5 Å². The molecule has 1 saturated heterocycles. The molecule has 34 heavy (non-hydrogen) atoms. The fraction of sp³-hybridized carbons (Fsp3) is 0.269. The van der Waals surface area contributed by atoms with Crippen molar-refractivity contribution in [2.24, 2.45) is 0 Å². The molecule has 8 heteroatoms. The molecule has 1 aromatic heterocycles. The zero-order chi connectivity index (χ0) is 23.7. The van der Waals surface area contributed by atoms with E-state index in [1.165, 1.54) is 0 Å². The number of benzene rings is 2. The molecule has 2 N–H and O–H groups in total. The van der Waals surface area contributed by atoms with Crippen LogP contribution in [0.1, 0.15) is 49.6 Å². The highest BCUT2D eigenvalue weighted by atomic mass is 16.3. The highest BCUT2D eigenvalue weighted by Crippen LogP contribution is 2.26. The van der Waals surface area contributed by atoms with Gasteiger partial charge in [-0.3, -0.25) is 19.1 Å². The number of fused-ring (bicyclic) bond motifs is 1. The molecular weight excluding hydrogens is 432 g/mol. The van der Waals surface area contributed by atoms with Gasteiger partial charge in [0, 0.05) is 36.0 Å². The van der Waals surface area contributed by atoms with Gasteiger partial charge in [0.05, 0.1) is 12.1 Å². The lowest BCUT2D eigenvalue weighted by atomic mass is 9.90. The van der Waals surface area contributed by atoms with Gasteiger partial charge in [-0.15, -0.1) is 0 Å². The minimum atomic E-state index is -1.05. The van der Waals surface area contributed by atoms with Gasteiger partial charge >= 0.3 is 0 Å². The van der Waals surface area contributed by atoms with Crippen LogP contribution in [0, 0.1) is 0 Å². The van der Waals surface area contributed by atoms with Gasteiger partial charge < -0.3 is 20.3 Å². The first-order chi connectivity index (χ1) is 16.4. The summed E-state index contributed by atoms with van der Waals surface area (Å²) in [5.41, 5.74) is 4.25. The standard InChI is InChI=1S/C26H26N4O4/c31-23(19-5-2-1-3-6-19)20-8-10-21(11-9-20)24(32)28-15-12-26(34,13-16-28)17-29-18-27-30-14-4-7-22(30)25(29)33/h1-11,14,27,34H,12-13,15-18H2. The summed E-state index contributed by atoms with van der Waals surface area (Å²) in [6.07, 6.45) is 2.55. The van der Waals surface area contributed by atoms with E-state index in [0.29, 0.717) is 55.0 Å². The number of rotatable bonds is 5. The molecule has 174 valence electrons. The number of aliphatic hydroxyl groups is 1. The quantitative estimate of drug-likeness (QED) is 0.573. The van der Waals surface area contributed by atoms with Gasteiger partial charge in [0.15, 0.2) is 5.78 Å². The van der Waals surface area contributed by atoms with Crippen LogP contribution in [0.4, 0.5) is 0 Å². The first-order valence-corrected chi connectivity index (χ1v) is 11.4. The van der Waals surface area contributed by atoms with Crippen LogP contribution < -0.4 is 5.43 Å². The molecule has 0 radical (unpaired) electrons. The normalized spacial score (nSPS) is 17.1. The van der Waals surface area contributed by atoms with Crippen molar-refractivity contribution in [1.29, 1.82) is 0 Å². The number of likely N-dealkylation sites (tertiary alicyclic amines) is 1. The molecule has 0 saturated carbocycles. The number of aromatic nitrogens is 1. The molecule has 1 fully saturated rings.